The van der Waals surface area contributed by atoms with E-state index < -0.39 is 0 Å². The molecule has 4 nitrogen and oxygen atoms in total. The zero-order chi connectivity index (χ0) is 16.1. The van der Waals surface area contributed by atoms with Crippen molar-refractivity contribution >= 4 is 51.3 Å². The van der Waals surface area contributed by atoms with Crippen LogP contribution in [-0.4, -0.2) is 19.2 Å². The molecule has 0 atom stereocenters. The Labute approximate surface area is 146 Å². The normalized spacial score (nSPS) is 10.7. The summed E-state index contributed by atoms with van der Waals surface area (Å²) < 4.78 is 6.09. The number of methoxy groups -OCH3 is 1. The molecule has 0 heterocycles. The molecule has 0 aliphatic heterocycles. The second-order valence-corrected chi connectivity index (χ2v) is 5.94. The molecule has 0 spiro atoms. The molecule has 0 saturated carbocycles. The topological polar surface area (TPSA) is 50.7 Å². The predicted molar refractivity (Wildman–Crippen MR) is 92.2 cm³/mol. The van der Waals surface area contributed by atoms with Crippen LogP contribution in [0.15, 0.2) is 46.0 Å². The second-order valence-electron chi connectivity index (χ2n) is 4.21. The first-order chi connectivity index (χ1) is 10.5. The number of benzene rings is 2. The fraction of sp³-hybridized carbons (Fsp3) is 0.0667. The fourth-order valence-corrected chi connectivity index (χ4v) is 2.35. The highest BCUT2D eigenvalue weighted by Crippen LogP contribution is 2.23. The first-order valence-corrected chi connectivity index (χ1v) is 7.68. The second kappa shape index (κ2) is 7.63. The highest BCUT2D eigenvalue weighted by Gasteiger charge is 2.07. The zero-order valence-corrected chi connectivity index (χ0v) is 14.5. The van der Waals surface area contributed by atoms with E-state index in [0.717, 1.165) is 10.0 Å². The number of rotatable bonds is 4. The highest BCUT2D eigenvalue weighted by molar-refractivity contribution is 9.10. The summed E-state index contributed by atoms with van der Waals surface area (Å²) in [6.45, 7) is 0. The quantitative estimate of drug-likeness (QED) is 0.604. The number of amides is 1. The van der Waals surface area contributed by atoms with Gasteiger partial charge in [-0.05, 0) is 36.4 Å². The molecule has 0 unspecified atom stereocenters. The first kappa shape index (κ1) is 16.8. The van der Waals surface area contributed by atoms with E-state index in [-0.39, 0.29) is 5.91 Å². The molecule has 0 aromatic heterocycles. The number of hydrogen-bond donors (Lipinski definition) is 1. The van der Waals surface area contributed by atoms with Gasteiger partial charge in [0.25, 0.3) is 5.91 Å². The Bertz CT molecular complexity index is 735. The van der Waals surface area contributed by atoms with E-state index >= 15 is 0 Å². The third kappa shape index (κ3) is 4.22. The van der Waals surface area contributed by atoms with Gasteiger partial charge in [0.1, 0.15) is 5.75 Å². The van der Waals surface area contributed by atoms with Gasteiger partial charge in [0.05, 0.1) is 23.4 Å². The van der Waals surface area contributed by atoms with Crippen molar-refractivity contribution < 1.29 is 9.53 Å². The van der Waals surface area contributed by atoms with Gasteiger partial charge >= 0.3 is 0 Å². The van der Waals surface area contributed by atoms with E-state index in [4.69, 9.17) is 27.9 Å². The molecule has 0 aliphatic carbocycles. The number of ether oxygens (including phenoxy) is 1. The van der Waals surface area contributed by atoms with E-state index in [1.54, 1.807) is 25.3 Å². The van der Waals surface area contributed by atoms with Gasteiger partial charge < -0.3 is 4.74 Å². The van der Waals surface area contributed by atoms with Crippen LogP contribution in [0.25, 0.3) is 0 Å². The highest BCUT2D eigenvalue weighted by atomic mass is 79.9. The monoisotopic (exact) mass is 400 g/mol. The van der Waals surface area contributed by atoms with Crippen LogP contribution in [0.2, 0.25) is 10.0 Å². The first-order valence-electron chi connectivity index (χ1n) is 6.13. The summed E-state index contributed by atoms with van der Waals surface area (Å²) in [5.41, 5.74) is 3.52. The van der Waals surface area contributed by atoms with Crippen molar-refractivity contribution in [3.63, 3.8) is 0 Å². The SMILES string of the molecule is COc1ccc(Br)cc1/C=N/NC(=O)c1ccc(Cl)c(Cl)c1. The smallest absolute Gasteiger partial charge is 0.271 e. The molecule has 1 N–H and O–H groups in total. The molecule has 1 amide bonds. The standard InChI is InChI=1S/C15H11BrCl2N2O2/c1-22-14-5-3-11(16)6-10(14)8-19-20-15(21)9-2-4-12(17)13(18)7-9/h2-8H,1H3,(H,20,21)/b19-8+. The summed E-state index contributed by atoms with van der Waals surface area (Å²) in [6.07, 6.45) is 1.50. The van der Waals surface area contributed by atoms with Gasteiger partial charge in [0.15, 0.2) is 0 Å². The van der Waals surface area contributed by atoms with Gasteiger partial charge in [-0.15, -0.1) is 0 Å². The van der Waals surface area contributed by atoms with Crippen LogP contribution in [-0.2, 0) is 0 Å². The van der Waals surface area contributed by atoms with Crippen LogP contribution < -0.4 is 10.2 Å². The van der Waals surface area contributed by atoms with E-state index in [2.05, 4.69) is 26.5 Å². The molecule has 114 valence electrons. The number of halogens is 3. The van der Waals surface area contributed by atoms with Crippen LogP contribution in [0.4, 0.5) is 0 Å². The van der Waals surface area contributed by atoms with Crippen molar-refractivity contribution in [2.45, 2.75) is 0 Å². The minimum absolute atomic E-state index is 0.312. The van der Waals surface area contributed by atoms with Gasteiger partial charge in [-0.1, -0.05) is 39.1 Å². The molecule has 0 bridgehead atoms. The van der Waals surface area contributed by atoms with E-state index in [1.807, 2.05) is 12.1 Å². The molecule has 0 saturated heterocycles. The van der Waals surface area contributed by atoms with Crippen LogP contribution in [0.5, 0.6) is 5.75 Å². The summed E-state index contributed by atoms with van der Waals surface area (Å²) in [4.78, 5) is 12.0. The molecular formula is C15H11BrCl2N2O2. The lowest BCUT2D eigenvalue weighted by Gasteiger charge is -2.05. The largest absolute Gasteiger partial charge is 0.496 e. The molecule has 0 fully saturated rings. The number of nitrogens with one attached hydrogen (secondary N) is 1. The Hall–Kier alpha value is -1.56. The Morgan fingerprint density at radius 1 is 1.23 bits per heavy atom. The van der Waals surface area contributed by atoms with Crippen molar-refractivity contribution in [1.82, 2.24) is 5.43 Å². The van der Waals surface area contributed by atoms with Crippen molar-refractivity contribution in [2.75, 3.05) is 7.11 Å². The van der Waals surface area contributed by atoms with E-state index in [0.29, 0.717) is 21.4 Å². The van der Waals surface area contributed by atoms with Crippen molar-refractivity contribution in [3.05, 3.63) is 62.0 Å². The number of hydrazone groups is 1. The Morgan fingerprint density at radius 3 is 2.68 bits per heavy atom. The minimum atomic E-state index is -0.385. The molecule has 0 aliphatic rings. The summed E-state index contributed by atoms with van der Waals surface area (Å²) in [5, 5.41) is 4.62. The van der Waals surface area contributed by atoms with E-state index in [1.165, 1.54) is 12.3 Å². The van der Waals surface area contributed by atoms with Crippen LogP contribution in [0.3, 0.4) is 0 Å². The maximum atomic E-state index is 12.0. The predicted octanol–water partition coefficient (Wildman–Crippen LogP) is 4.53. The lowest BCUT2D eigenvalue weighted by Crippen LogP contribution is -2.17. The number of carbonyl (C=O) groups excluding carboxylic acids is 1. The number of carbonyl (C=O) groups is 1. The lowest BCUT2D eigenvalue weighted by molar-refractivity contribution is 0.0955. The third-order valence-electron chi connectivity index (χ3n) is 2.74. The van der Waals surface area contributed by atoms with Gasteiger partial charge in [0, 0.05) is 15.6 Å². The Morgan fingerprint density at radius 2 is 2.00 bits per heavy atom. The van der Waals surface area contributed by atoms with Crippen molar-refractivity contribution in [3.8, 4) is 5.75 Å². The molecule has 7 heteroatoms. The fourth-order valence-electron chi connectivity index (χ4n) is 1.67. The molecular weight excluding hydrogens is 391 g/mol. The van der Waals surface area contributed by atoms with Gasteiger partial charge in [-0.2, -0.15) is 5.10 Å². The Balaban J connectivity index is 2.10. The molecule has 2 aromatic rings. The number of hydrogen-bond acceptors (Lipinski definition) is 3. The summed E-state index contributed by atoms with van der Waals surface area (Å²) >= 11 is 15.0. The lowest BCUT2D eigenvalue weighted by atomic mass is 10.2. The summed E-state index contributed by atoms with van der Waals surface area (Å²) in [6, 6.07) is 10.1. The average molecular weight is 402 g/mol. The number of nitrogens with zero attached hydrogens (tertiary/aromatic N) is 1. The van der Waals surface area contributed by atoms with Crippen LogP contribution in [0.1, 0.15) is 15.9 Å². The van der Waals surface area contributed by atoms with Gasteiger partial charge in [0.2, 0.25) is 0 Å². The minimum Gasteiger partial charge on any atom is -0.496 e. The van der Waals surface area contributed by atoms with Crippen molar-refractivity contribution in [2.24, 2.45) is 5.10 Å². The third-order valence-corrected chi connectivity index (χ3v) is 3.98. The molecule has 2 aromatic carbocycles. The molecule has 0 radical (unpaired) electrons. The molecule has 22 heavy (non-hydrogen) atoms. The van der Waals surface area contributed by atoms with Crippen LogP contribution >= 0.6 is 39.1 Å². The Kier molecular flexibility index (Phi) is 5.83. The van der Waals surface area contributed by atoms with Gasteiger partial charge in [-0.25, -0.2) is 5.43 Å². The van der Waals surface area contributed by atoms with Gasteiger partial charge in [-0.3, -0.25) is 4.79 Å². The maximum absolute atomic E-state index is 12.0. The van der Waals surface area contributed by atoms with Crippen molar-refractivity contribution in [1.29, 1.82) is 0 Å². The van der Waals surface area contributed by atoms with E-state index in [9.17, 15) is 4.79 Å². The average Bonchev–Trinajstić information content (AvgIpc) is 2.50. The summed E-state index contributed by atoms with van der Waals surface area (Å²) in [7, 11) is 1.56. The van der Waals surface area contributed by atoms with Crippen LogP contribution in [0, 0.1) is 0 Å². The molecule has 2 rings (SSSR count). The maximum Gasteiger partial charge on any atom is 0.271 e. The zero-order valence-electron chi connectivity index (χ0n) is 11.4. The summed E-state index contributed by atoms with van der Waals surface area (Å²) in [5.74, 6) is 0.263.